The normalized spacial score (nSPS) is 11.9. The van der Waals surface area contributed by atoms with Gasteiger partial charge in [0, 0.05) is 36.4 Å². The molecule has 1 aliphatic rings. The maximum Gasteiger partial charge on any atom is 0.246 e. The second-order valence-corrected chi connectivity index (χ2v) is 14.0. The first kappa shape index (κ1) is 57.6. The summed E-state index contributed by atoms with van der Waals surface area (Å²) in [6.07, 6.45) is 25.3. The van der Waals surface area contributed by atoms with E-state index in [0.29, 0.717) is 18.4 Å². The lowest BCUT2D eigenvalue weighted by Gasteiger charge is -2.30. The van der Waals surface area contributed by atoms with Crippen LogP contribution in [0.1, 0.15) is 178 Å². The van der Waals surface area contributed by atoms with Crippen LogP contribution in [0.4, 0.5) is 11.5 Å². The number of nitrogens with one attached hydrogen (secondary N) is 1. The lowest BCUT2D eigenvalue weighted by molar-refractivity contribution is -0.128. The van der Waals surface area contributed by atoms with Crippen LogP contribution in [0, 0.1) is 13.8 Å². The van der Waals surface area contributed by atoms with Crippen LogP contribution in [-0.4, -0.2) is 56.1 Å². The Labute approximate surface area is 368 Å². The van der Waals surface area contributed by atoms with Crippen LogP contribution in [-0.2, 0) is 11.2 Å². The minimum Gasteiger partial charge on any atom is -0.457 e. The number of amides is 1. The largest absolute Gasteiger partial charge is 0.457 e. The number of nitrogens with zero attached hydrogens (tertiary/aromatic N) is 6. The third-order valence-electron chi connectivity index (χ3n) is 8.56. The van der Waals surface area contributed by atoms with Crippen molar-refractivity contribution in [1.29, 1.82) is 0 Å². The molecule has 338 valence electrons. The van der Waals surface area contributed by atoms with Gasteiger partial charge in [-0.15, -0.1) is 0 Å². The van der Waals surface area contributed by atoms with Gasteiger partial charge in [-0.1, -0.05) is 135 Å². The standard InChI is InChI=1S/C25H28N6O.C16H31NO.2C3H8.2C2H6/c1-5-7-19-15-22-24(29-18(19)4)25(27-16-26-22)30-20-8-9-23(17(3)14-20)32-21-10-12-31(13-11-21)28-6-2;1-5-9-11-14-17(15(8-4)12-7-3)16(18)13-10-6-2;2*1-3-2;2*1-2/h6,8-12,14-16H,5,7,13H2,1-4H3,(H,26,27,30);10,13,15H,5-9,11-12,14H2,1-4H3;2*3H2,1-2H3;2*1-2H3/b28-6-;13-10+;;;;. The number of fused-ring (bicyclic) bond motifs is 1. The minimum atomic E-state index is 0.202. The molecule has 0 spiro atoms. The highest BCUT2D eigenvalue weighted by atomic mass is 16.5. The molecule has 4 rings (SSSR count). The maximum absolute atomic E-state index is 12.2. The highest BCUT2D eigenvalue weighted by Gasteiger charge is 2.19. The SMILES string of the molecule is C/C=N\N1C=CC(Oc2ccc(Nc3ncnc4cc(CCC)c(C)nc34)cc2C)=CC1.CC.CC.CC/C=C/C(=O)N(CCCCC)C(CC)CCC.CCC.CCC. The number of benzene rings is 1. The highest BCUT2D eigenvalue weighted by Crippen LogP contribution is 2.28. The van der Waals surface area contributed by atoms with Crippen molar-refractivity contribution in [3.05, 3.63) is 83.7 Å². The molecule has 9 heteroatoms. The summed E-state index contributed by atoms with van der Waals surface area (Å²) in [5, 5.41) is 9.48. The number of rotatable bonds is 17. The fraction of sp³-hybridized carbons (Fsp3) is 0.588. The van der Waals surface area contributed by atoms with Crippen molar-refractivity contribution in [1.82, 2.24) is 24.9 Å². The molecule has 1 amide bonds. The number of hydrazone groups is 1. The summed E-state index contributed by atoms with van der Waals surface area (Å²) in [5.74, 6) is 2.52. The van der Waals surface area contributed by atoms with E-state index in [1.165, 1.54) is 31.2 Å². The Bertz CT molecular complexity index is 1660. The summed E-state index contributed by atoms with van der Waals surface area (Å²) in [6, 6.07) is 8.53. The molecule has 1 aliphatic heterocycles. The molecule has 0 fully saturated rings. The van der Waals surface area contributed by atoms with Crippen molar-refractivity contribution in [2.24, 2.45) is 5.10 Å². The van der Waals surface area contributed by atoms with E-state index >= 15 is 0 Å². The molecule has 60 heavy (non-hydrogen) atoms. The van der Waals surface area contributed by atoms with E-state index in [1.54, 1.807) is 18.6 Å². The van der Waals surface area contributed by atoms with Gasteiger partial charge < -0.3 is 15.0 Å². The van der Waals surface area contributed by atoms with E-state index in [4.69, 9.17) is 9.72 Å². The molecule has 0 saturated carbocycles. The van der Waals surface area contributed by atoms with Gasteiger partial charge in [-0.05, 0) is 106 Å². The molecular weight excluding hydrogens is 743 g/mol. The van der Waals surface area contributed by atoms with Gasteiger partial charge in [0.05, 0.1) is 12.1 Å². The Morgan fingerprint density at radius 3 is 2.15 bits per heavy atom. The van der Waals surface area contributed by atoms with Gasteiger partial charge in [0.2, 0.25) is 5.91 Å². The van der Waals surface area contributed by atoms with Gasteiger partial charge in [0.1, 0.15) is 23.4 Å². The Morgan fingerprint density at radius 2 is 1.62 bits per heavy atom. The van der Waals surface area contributed by atoms with Crippen LogP contribution in [0.3, 0.4) is 0 Å². The van der Waals surface area contributed by atoms with Gasteiger partial charge in [-0.2, -0.15) is 5.10 Å². The van der Waals surface area contributed by atoms with Crippen molar-refractivity contribution >= 4 is 34.7 Å². The van der Waals surface area contributed by atoms with Gasteiger partial charge in [-0.25, -0.2) is 15.0 Å². The molecule has 0 bridgehead atoms. The second kappa shape index (κ2) is 37.5. The summed E-state index contributed by atoms with van der Waals surface area (Å²) in [5.41, 5.74) is 5.83. The Kier molecular flexibility index (Phi) is 35.9. The molecule has 1 N–H and O–H groups in total. The third kappa shape index (κ3) is 22.7. The number of hydrogen-bond donors (Lipinski definition) is 1. The van der Waals surface area contributed by atoms with Crippen molar-refractivity contribution in [3.8, 4) is 5.75 Å². The van der Waals surface area contributed by atoms with Gasteiger partial charge in [-0.3, -0.25) is 9.80 Å². The number of unbranched alkanes of at least 4 members (excludes halogenated alkanes) is 2. The third-order valence-corrected chi connectivity index (χ3v) is 8.56. The summed E-state index contributed by atoms with van der Waals surface area (Å²) in [4.78, 5) is 27.9. The lowest BCUT2D eigenvalue weighted by atomic mass is 10.1. The van der Waals surface area contributed by atoms with Crippen molar-refractivity contribution < 1.29 is 9.53 Å². The Balaban J connectivity index is 0. The number of carbonyl (C=O) groups is 1. The number of allylic oxidation sites excluding steroid dienone is 2. The molecular formula is C51H87N7O2. The van der Waals surface area contributed by atoms with Crippen LogP contribution in [0.15, 0.2) is 72.0 Å². The summed E-state index contributed by atoms with van der Waals surface area (Å²) >= 11 is 0. The Hall–Kier alpha value is -4.53. The Morgan fingerprint density at radius 1 is 0.933 bits per heavy atom. The topological polar surface area (TPSA) is 95.8 Å². The molecule has 1 aromatic carbocycles. The number of aromatic nitrogens is 3. The van der Waals surface area contributed by atoms with Crippen molar-refractivity contribution in [3.63, 3.8) is 0 Å². The molecule has 0 aliphatic carbocycles. The van der Waals surface area contributed by atoms with E-state index < -0.39 is 0 Å². The number of hydrogen-bond acceptors (Lipinski definition) is 8. The van der Waals surface area contributed by atoms with Crippen LogP contribution in [0.25, 0.3) is 11.0 Å². The number of carbonyl (C=O) groups excluding carboxylic acids is 1. The number of pyridine rings is 1. The molecule has 3 heterocycles. The van der Waals surface area contributed by atoms with Gasteiger partial charge in [0.15, 0.2) is 5.82 Å². The summed E-state index contributed by atoms with van der Waals surface area (Å²) < 4.78 is 6.07. The van der Waals surface area contributed by atoms with Crippen LogP contribution < -0.4 is 10.1 Å². The predicted octanol–water partition coefficient (Wildman–Crippen LogP) is 14.9. The first-order valence-corrected chi connectivity index (χ1v) is 23.4. The number of anilines is 2. The molecule has 9 nitrogen and oxygen atoms in total. The zero-order valence-electron chi connectivity index (χ0n) is 41.1. The molecule has 3 aromatic rings. The fourth-order valence-electron chi connectivity index (χ4n) is 5.85. The van der Waals surface area contributed by atoms with E-state index in [-0.39, 0.29) is 5.91 Å². The average Bonchev–Trinajstić information content (AvgIpc) is 3.25. The van der Waals surface area contributed by atoms with E-state index in [0.717, 1.165) is 91.0 Å². The van der Waals surface area contributed by atoms with Crippen LogP contribution >= 0.6 is 0 Å². The summed E-state index contributed by atoms with van der Waals surface area (Å²) in [7, 11) is 0. The first-order valence-electron chi connectivity index (χ1n) is 23.4. The van der Waals surface area contributed by atoms with Gasteiger partial charge in [0.25, 0.3) is 0 Å². The highest BCUT2D eigenvalue weighted by molar-refractivity contribution is 5.88. The molecule has 1 atom stereocenters. The second-order valence-electron chi connectivity index (χ2n) is 14.0. The van der Waals surface area contributed by atoms with E-state index in [9.17, 15) is 4.79 Å². The predicted molar refractivity (Wildman–Crippen MR) is 264 cm³/mol. The quantitative estimate of drug-likeness (QED) is 0.0822. The number of aryl methyl sites for hydroxylation is 3. The molecule has 0 saturated heterocycles. The minimum absolute atomic E-state index is 0.202. The fourth-order valence-corrected chi connectivity index (χ4v) is 5.85. The summed E-state index contributed by atoms with van der Waals surface area (Å²) in [6.45, 7) is 34.9. The molecule has 0 radical (unpaired) electrons. The van der Waals surface area contributed by atoms with E-state index in [1.807, 2.05) is 96.1 Å². The zero-order chi connectivity index (χ0) is 45.7. The molecule has 1 unspecified atom stereocenters. The van der Waals surface area contributed by atoms with E-state index in [2.05, 4.69) is 93.7 Å². The first-order chi connectivity index (χ1) is 29.1. The molecule has 2 aromatic heterocycles. The van der Waals surface area contributed by atoms with Crippen LogP contribution in [0.5, 0.6) is 5.75 Å². The lowest BCUT2D eigenvalue weighted by Crippen LogP contribution is -2.39. The zero-order valence-corrected chi connectivity index (χ0v) is 41.1. The average molecular weight is 830 g/mol. The maximum atomic E-state index is 12.2. The number of ether oxygens (including phenoxy) is 1. The smallest absolute Gasteiger partial charge is 0.246 e. The van der Waals surface area contributed by atoms with Crippen molar-refractivity contribution in [2.75, 3.05) is 18.4 Å². The monoisotopic (exact) mass is 830 g/mol. The van der Waals surface area contributed by atoms with Crippen molar-refractivity contribution in [2.45, 2.75) is 187 Å². The van der Waals surface area contributed by atoms with Crippen LogP contribution in [0.2, 0.25) is 0 Å². The van der Waals surface area contributed by atoms with Gasteiger partial charge >= 0.3 is 0 Å².